The summed E-state index contributed by atoms with van der Waals surface area (Å²) in [6, 6.07) is 7.82. The number of hydrogen-bond donors (Lipinski definition) is 1. The molecule has 0 amide bonds. The van der Waals surface area contributed by atoms with Crippen molar-refractivity contribution in [1.29, 1.82) is 0 Å². The van der Waals surface area contributed by atoms with Crippen LogP contribution in [0.5, 0.6) is 5.75 Å². The zero-order valence-corrected chi connectivity index (χ0v) is 10.8. The van der Waals surface area contributed by atoms with Crippen LogP contribution >= 0.6 is 0 Å². The highest BCUT2D eigenvalue weighted by Gasteiger charge is 2.35. The fraction of sp³-hybridized carbons (Fsp3) is 0.600. The molecule has 1 N–H and O–H groups in total. The molecular formula is C15H22O2. The van der Waals surface area contributed by atoms with Crippen LogP contribution in [0.3, 0.4) is 0 Å². The molecule has 0 fully saturated rings. The monoisotopic (exact) mass is 234 g/mol. The van der Waals surface area contributed by atoms with Gasteiger partial charge in [0.25, 0.3) is 0 Å². The van der Waals surface area contributed by atoms with Gasteiger partial charge in [-0.2, -0.15) is 0 Å². The third kappa shape index (κ3) is 2.81. The summed E-state index contributed by atoms with van der Waals surface area (Å²) in [7, 11) is 0. The molecule has 0 saturated heterocycles. The summed E-state index contributed by atoms with van der Waals surface area (Å²) in [4.78, 5) is 0. The lowest BCUT2D eigenvalue weighted by atomic mass is 9.86. The summed E-state index contributed by atoms with van der Waals surface area (Å²) in [5.74, 6) is 0.852. The van der Waals surface area contributed by atoms with Crippen molar-refractivity contribution in [2.75, 3.05) is 0 Å². The van der Waals surface area contributed by atoms with Crippen molar-refractivity contribution in [3.05, 3.63) is 29.8 Å². The maximum atomic E-state index is 10.2. The zero-order valence-electron chi connectivity index (χ0n) is 10.8. The average Bonchev–Trinajstić information content (AvgIpc) is 2.29. The van der Waals surface area contributed by atoms with E-state index in [1.54, 1.807) is 0 Å². The molecule has 17 heavy (non-hydrogen) atoms. The summed E-state index contributed by atoms with van der Waals surface area (Å²) in [6.07, 6.45) is 4.96. The Morgan fingerprint density at radius 2 is 2.12 bits per heavy atom. The van der Waals surface area contributed by atoms with Gasteiger partial charge < -0.3 is 9.84 Å². The van der Waals surface area contributed by atoms with Crippen molar-refractivity contribution in [3.8, 4) is 5.75 Å². The van der Waals surface area contributed by atoms with E-state index in [1.807, 2.05) is 24.3 Å². The Morgan fingerprint density at radius 1 is 1.35 bits per heavy atom. The van der Waals surface area contributed by atoms with E-state index in [0.29, 0.717) is 6.42 Å². The van der Waals surface area contributed by atoms with Crippen molar-refractivity contribution in [2.45, 2.75) is 57.7 Å². The Kier molecular flexibility index (Phi) is 3.72. The van der Waals surface area contributed by atoms with E-state index in [2.05, 4.69) is 13.8 Å². The van der Waals surface area contributed by atoms with Gasteiger partial charge in [0.05, 0.1) is 6.10 Å². The van der Waals surface area contributed by atoms with Crippen molar-refractivity contribution in [3.63, 3.8) is 0 Å². The van der Waals surface area contributed by atoms with E-state index in [9.17, 15) is 5.11 Å². The van der Waals surface area contributed by atoms with Crippen molar-refractivity contribution in [2.24, 2.45) is 0 Å². The number of benzene rings is 1. The first-order chi connectivity index (χ1) is 8.14. The van der Waals surface area contributed by atoms with E-state index in [-0.39, 0.29) is 11.7 Å². The second-order valence-corrected chi connectivity index (χ2v) is 5.27. The molecule has 0 radical (unpaired) electrons. The topological polar surface area (TPSA) is 29.5 Å². The van der Waals surface area contributed by atoms with Crippen LogP contribution in [0, 0.1) is 0 Å². The van der Waals surface area contributed by atoms with Gasteiger partial charge in [-0.05, 0) is 25.8 Å². The van der Waals surface area contributed by atoms with Crippen molar-refractivity contribution in [1.82, 2.24) is 0 Å². The molecule has 94 valence electrons. The van der Waals surface area contributed by atoms with Gasteiger partial charge in [0, 0.05) is 12.0 Å². The van der Waals surface area contributed by atoms with Gasteiger partial charge in [0.2, 0.25) is 0 Å². The minimum absolute atomic E-state index is 0.205. The third-order valence-electron chi connectivity index (χ3n) is 3.57. The van der Waals surface area contributed by atoms with Crippen LogP contribution in [0.25, 0.3) is 0 Å². The predicted molar refractivity (Wildman–Crippen MR) is 69.2 cm³/mol. The Hall–Kier alpha value is -1.02. The van der Waals surface area contributed by atoms with Gasteiger partial charge in [-0.1, -0.05) is 38.0 Å². The van der Waals surface area contributed by atoms with Crippen molar-refractivity contribution < 1.29 is 9.84 Å². The van der Waals surface area contributed by atoms with Gasteiger partial charge in [0.1, 0.15) is 11.4 Å². The molecule has 2 heteroatoms. The molecule has 2 rings (SSSR count). The Balaban J connectivity index is 2.09. The molecule has 0 bridgehead atoms. The van der Waals surface area contributed by atoms with E-state index < -0.39 is 0 Å². The van der Waals surface area contributed by atoms with E-state index in [1.165, 1.54) is 19.3 Å². The summed E-state index contributed by atoms with van der Waals surface area (Å²) >= 11 is 0. The van der Waals surface area contributed by atoms with E-state index in [0.717, 1.165) is 17.7 Å². The lowest BCUT2D eigenvalue weighted by molar-refractivity contribution is -0.00842. The Labute approximate surface area is 104 Å². The van der Waals surface area contributed by atoms with E-state index in [4.69, 9.17) is 4.74 Å². The molecule has 1 aliphatic rings. The number of aliphatic hydroxyl groups is 1. The van der Waals surface area contributed by atoms with Gasteiger partial charge in [-0.25, -0.2) is 0 Å². The smallest absolute Gasteiger partial charge is 0.125 e. The number of unbranched alkanes of at least 4 members (excludes halogenated alkanes) is 2. The molecule has 0 aliphatic carbocycles. The largest absolute Gasteiger partial charge is 0.487 e. The van der Waals surface area contributed by atoms with Gasteiger partial charge in [0.15, 0.2) is 0 Å². The minimum Gasteiger partial charge on any atom is -0.487 e. The average molecular weight is 234 g/mol. The molecule has 2 unspecified atom stereocenters. The number of hydrogen-bond acceptors (Lipinski definition) is 2. The molecule has 0 spiro atoms. The predicted octanol–water partition coefficient (Wildman–Crippen LogP) is 3.84. The lowest BCUT2D eigenvalue weighted by Gasteiger charge is -2.38. The fourth-order valence-corrected chi connectivity index (χ4v) is 2.58. The SMILES string of the molecule is CCCCCC1(C)CC(O)c2ccccc2O1. The van der Waals surface area contributed by atoms with Crippen LogP contribution in [0.2, 0.25) is 0 Å². The number of aliphatic hydroxyl groups excluding tert-OH is 1. The minimum atomic E-state index is -0.383. The van der Waals surface area contributed by atoms with Crippen LogP contribution in [0.1, 0.15) is 57.6 Å². The maximum Gasteiger partial charge on any atom is 0.125 e. The van der Waals surface area contributed by atoms with Crippen LogP contribution in [-0.4, -0.2) is 10.7 Å². The van der Waals surface area contributed by atoms with Gasteiger partial charge in [-0.3, -0.25) is 0 Å². The molecule has 2 atom stereocenters. The lowest BCUT2D eigenvalue weighted by Crippen LogP contribution is -2.38. The van der Waals surface area contributed by atoms with Crippen LogP contribution in [0.15, 0.2) is 24.3 Å². The molecule has 1 aromatic carbocycles. The fourth-order valence-electron chi connectivity index (χ4n) is 2.58. The summed E-state index contributed by atoms with van der Waals surface area (Å²) in [6.45, 7) is 4.32. The highest BCUT2D eigenvalue weighted by molar-refractivity contribution is 5.37. The van der Waals surface area contributed by atoms with Crippen LogP contribution < -0.4 is 4.74 Å². The molecule has 1 aliphatic heterocycles. The molecular weight excluding hydrogens is 212 g/mol. The number of fused-ring (bicyclic) bond motifs is 1. The second kappa shape index (κ2) is 5.09. The number of para-hydroxylation sites is 1. The molecule has 0 aromatic heterocycles. The quantitative estimate of drug-likeness (QED) is 0.802. The number of ether oxygens (including phenoxy) is 1. The first-order valence-corrected chi connectivity index (χ1v) is 6.60. The summed E-state index contributed by atoms with van der Waals surface area (Å²) in [5, 5.41) is 10.2. The van der Waals surface area contributed by atoms with Gasteiger partial charge in [-0.15, -0.1) is 0 Å². The highest BCUT2D eigenvalue weighted by atomic mass is 16.5. The third-order valence-corrected chi connectivity index (χ3v) is 3.57. The van der Waals surface area contributed by atoms with E-state index >= 15 is 0 Å². The van der Waals surface area contributed by atoms with Gasteiger partial charge >= 0.3 is 0 Å². The van der Waals surface area contributed by atoms with Crippen molar-refractivity contribution >= 4 is 0 Å². The maximum absolute atomic E-state index is 10.2. The second-order valence-electron chi connectivity index (χ2n) is 5.27. The first kappa shape index (κ1) is 12.4. The Morgan fingerprint density at radius 3 is 2.88 bits per heavy atom. The molecule has 1 aromatic rings. The Bertz CT molecular complexity index is 375. The molecule has 2 nitrogen and oxygen atoms in total. The molecule has 1 heterocycles. The highest BCUT2D eigenvalue weighted by Crippen LogP contribution is 2.41. The van der Waals surface area contributed by atoms with Crippen LogP contribution in [-0.2, 0) is 0 Å². The number of rotatable bonds is 4. The normalized spacial score (nSPS) is 27.4. The van der Waals surface area contributed by atoms with Crippen LogP contribution in [0.4, 0.5) is 0 Å². The zero-order chi connectivity index (χ0) is 12.3. The first-order valence-electron chi connectivity index (χ1n) is 6.60. The summed E-state index contributed by atoms with van der Waals surface area (Å²) in [5.41, 5.74) is 0.726. The standard InChI is InChI=1S/C15H22O2/c1-3-4-7-10-15(2)11-13(16)12-8-5-6-9-14(12)17-15/h5-6,8-9,13,16H,3-4,7,10-11H2,1-2H3. The molecule has 0 saturated carbocycles. The summed E-state index contributed by atoms with van der Waals surface area (Å²) < 4.78 is 6.08.